The molecule has 1 amide bonds. The lowest BCUT2D eigenvalue weighted by Crippen LogP contribution is -2.38. The third-order valence-electron chi connectivity index (χ3n) is 5.99. The molecule has 0 saturated heterocycles. The zero-order valence-corrected chi connectivity index (χ0v) is 25.2. The second-order valence-corrected chi connectivity index (χ2v) is 12.9. The Kier molecular flexibility index (Phi) is 9.12. The number of anilines is 3. The van der Waals surface area contributed by atoms with Crippen LogP contribution in [0.5, 0.6) is 5.75 Å². The van der Waals surface area contributed by atoms with Crippen LogP contribution in [0.4, 0.5) is 17.3 Å². The highest BCUT2D eigenvalue weighted by atomic mass is 32.2. The summed E-state index contributed by atoms with van der Waals surface area (Å²) in [7, 11) is -8.17. The molecule has 42 heavy (non-hydrogen) atoms. The number of nitrogens with zero attached hydrogens (tertiary/aromatic N) is 3. The monoisotopic (exact) mass is 609 g/mol. The third kappa shape index (κ3) is 7.22. The Morgan fingerprint density at radius 1 is 0.833 bits per heavy atom. The maximum Gasteiger partial charge on any atom is 0.264 e. The molecule has 0 atom stereocenters. The highest BCUT2D eigenvalue weighted by molar-refractivity contribution is 7.93. The Labute approximate surface area is 245 Å². The van der Waals surface area contributed by atoms with Crippen LogP contribution in [0, 0.1) is 20.8 Å². The molecule has 4 aromatic rings. The molecule has 0 spiro atoms. The van der Waals surface area contributed by atoms with Gasteiger partial charge < -0.3 is 10.1 Å². The Bertz CT molecular complexity index is 1770. The van der Waals surface area contributed by atoms with Crippen LogP contribution in [-0.4, -0.2) is 45.9 Å². The standard InChI is InChI=1S/C29H31N5O6S2/c1-5-40-27-9-7-6-8-26(27)34(42(38,39)25-14-10-20(2)11-15-25)19-28(35)32-23-12-16-24(17-13-23)41(36,37)33-29-30-21(3)18-22(4)31-29/h6-18H,5,19H2,1-4H3,(H,32,35)(H,30,31,33). The molecular formula is C29H31N5O6S2. The summed E-state index contributed by atoms with van der Waals surface area (Å²) in [5.74, 6) is -0.389. The smallest absolute Gasteiger partial charge is 0.264 e. The van der Waals surface area contributed by atoms with Crippen molar-refractivity contribution in [2.75, 3.05) is 27.5 Å². The molecular weight excluding hydrogens is 578 g/mol. The molecule has 220 valence electrons. The number of carbonyl (C=O) groups excluding carboxylic acids is 1. The van der Waals surface area contributed by atoms with Crippen molar-refractivity contribution < 1.29 is 26.4 Å². The molecule has 0 aliphatic carbocycles. The molecule has 0 fully saturated rings. The number of aromatic nitrogens is 2. The average Bonchev–Trinajstić information content (AvgIpc) is 2.92. The van der Waals surface area contributed by atoms with Gasteiger partial charge in [0.2, 0.25) is 11.9 Å². The predicted octanol–water partition coefficient (Wildman–Crippen LogP) is 4.44. The minimum absolute atomic E-state index is 0.0158. The van der Waals surface area contributed by atoms with Crippen LogP contribution in [0.2, 0.25) is 0 Å². The summed E-state index contributed by atoms with van der Waals surface area (Å²) in [6.07, 6.45) is 0. The first-order valence-electron chi connectivity index (χ1n) is 13.0. The van der Waals surface area contributed by atoms with Crippen molar-refractivity contribution in [3.05, 3.63) is 95.8 Å². The number of carbonyl (C=O) groups is 1. The van der Waals surface area contributed by atoms with Gasteiger partial charge in [-0.3, -0.25) is 9.10 Å². The Morgan fingerprint density at radius 3 is 2.05 bits per heavy atom. The van der Waals surface area contributed by atoms with E-state index in [2.05, 4.69) is 20.0 Å². The molecule has 1 heterocycles. The van der Waals surface area contributed by atoms with Crippen molar-refractivity contribution in [3.8, 4) is 5.75 Å². The predicted molar refractivity (Wildman–Crippen MR) is 161 cm³/mol. The van der Waals surface area contributed by atoms with E-state index in [0.717, 1.165) is 9.87 Å². The first-order valence-corrected chi connectivity index (χ1v) is 15.9. The van der Waals surface area contributed by atoms with Gasteiger partial charge in [0, 0.05) is 17.1 Å². The molecule has 0 unspecified atom stereocenters. The van der Waals surface area contributed by atoms with E-state index in [0.29, 0.717) is 23.7 Å². The minimum atomic E-state index is -4.17. The summed E-state index contributed by atoms with van der Waals surface area (Å²) in [5, 5.41) is 2.64. The summed E-state index contributed by atoms with van der Waals surface area (Å²) in [6, 6.07) is 20.0. The van der Waals surface area contributed by atoms with Crippen LogP contribution in [0.3, 0.4) is 0 Å². The summed E-state index contributed by atoms with van der Waals surface area (Å²) < 4.78 is 62.2. The zero-order valence-electron chi connectivity index (χ0n) is 23.5. The molecule has 3 aromatic carbocycles. The Morgan fingerprint density at radius 2 is 1.43 bits per heavy atom. The maximum absolute atomic E-state index is 13.7. The number of para-hydroxylation sites is 2. The molecule has 0 bridgehead atoms. The molecule has 13 heteroatoms. The van der Waals surface area contributed by atoms with E-state index in [9.17, 15) is 21.6 Å². The van der Waals surface area contributed by atoms with Crippen molar-refractivity contribution >= 4 is 43.3 Å². The molecule has 4 rings (SSSR count). The highest BCUT2D eigenvalue weighted by Gasteiger charge is 2.29. The number of amides is 1. The van der Waals surface area contributed by atoms with Crippen LogP contribution in [-0.2, 0) is 24.8 Å². The molecule has 0 aliphatic heterocycles. The van der Waals surface area contributed by atoms with Gasteiger partial charge in [0.05, 0.1) is 22.1 Å². The lowest BCUT2D eigenvalue weighted by Gasteiger charge is -2.26. The number of aryl methyl sites for hydroxylation is 3. The van der Waals surface area contributed by atoms with Gasteiger partial charge in [-0.15, -0.1) is 0 Å². The van der Waals surface area contributed by atoms with Gasteiger partial charge in [-0.25, -0.2) is 31.5 Å². The SMILES string of the molecule is CCOc1ccccc1N(CC(=O)Nc1ccc(S(=O)(=O)Nc2nc(C)cc(C)n2)cc1)S(=O)(=O)c1ccc(C)cc1. The van der Waals surface area contributed by atoms with Crippen LogP contribution >= 0.6 is 0 Å². The average molecular weight is 610 g/mol. The largest absolute Gasteiger partial charge is 0.492 e. The van der Waals surface area contributed by atoms with Crippen LogP contribution in [0.1, 0.15) is 23.9 Å². The minimum Gasteiger partial charge on any atom is -0.492 e. The van der Waals surface area contributed by atoms with Crippen LogP contribution in [0.15, 0.2) is 88.7 Å². The lowest BCUT2D eigenvalue weighted by molar-refractivity contribution is -0.114. The number of rotatable bonds is 11. The molecule has 2 N–H and O–H groups in total. The van der Waals surface area contributed by atoms with Gasteiger partial charge in [-0.1, -0.05) is 29.8 Å². The number of ether oxygens (including phenoxy) is 1. The summed E-state index contributed by atoms with van der Waals surface area (Å²) in [6.45, 7) is 6.80. The number of hydrogen-bond donors (Lipinski definition) is 2. The van der Waals surface area contributed by atoms with E-state index in [4.69, 9.17) is 4.74 Å². The van der Waals surface area contributed by atoms with E-state index in [1.165, 1.54) is 36.4 Å². The summed E-state index contributed by atoms with van der Waals surface area (Å²) >= 11 is 0. The third-order valence-corrected chi connectivity index (χ3v) is 9.10. The number of benzene rings is 3. The fourth-order valence-electron chi connectivity index (χ4n) is 4.08. The molecule has 0 saturated carbocycles. The quantitative estimate of drug-likeness (QED) is 0.254. The van der Waals surface area contributed by atoms with Crippen LogP contribution in [0.25, 0.3) is 0 Å². The first-order chi connectivity index (χ1) is 19.9. The highest BCUT2D eigenvalue weighted by Crippen LogP contribution is 2.32. The summed E-state index contributed by atoms with van der Waals surface area (Å²) in [4.78, 5) is 21.3. The van der Waals surface area contributed by atoms with E-state index in [1.807, 2.05) is 6.92 Å². The fraction of sp³-hybridized carbons (Fsp3) is 0.207. The van der Waals surface area contributed by atoms with Crippen molar-refractivity contribution in [2.45, 2.75) is 37.5 Å². The second kappa shape index (κ2) is 12.6. The van der Waals surface area contributed by atoms with E-state index in [-0.39, 0.29) is 27.1 Å². The zero-order chi connectivity index (χ0) is 30.5. The van der Waals surface area contributed by atoms with Gasteiger partial charge in [0.25, 0.3) is 20.0 Å². The fourth-order valence-corrected chi connectivity index (χ4v) is 6.45. The normalized spacial score (nSPS) is 11.5. The topological polar surface area (TPSA) is 148 Å². The number of sulfonamides is 2. The molecule has 11 nitrogen and oxygen atoms in total. The van der Waals surface area contributed by atoms with Crippen molar-refractivity contribution in [3.63, 3.8) is 0 Å². The van der Waals surface area contributed by atoms with Crippen molar-refractivity contribution in [1.82, 2.24) is 9.97 Å². The Hall–Kier alpha value is -4.49. The summed E-state index contributed by atoms with van der Waals surface area (Å²) in [5.41, 5.74) is 2.58. The molecule has 0 aliphatic rings. The van der Waals surface area contributed by atoms with Crippen molar-refractivity contribution in [2.24, 2.45) is 0 Å². The van der Waals surface area contributed by atoms with Crippen molar-refractivity contribution in [1.29, 1.82) is 0 Å². The lowest BCUT2D eigenvalue weighted by atomic mass is 10.2. The van der Waals surface area contributed by atoms with Gasteiger partial charge in [0.15, 0.2) is 0 Å². The maximum atomic E-state index is 13.7. The second-order valence-electron chi connectivity index (χ2n) is 9.38. The van der Waals surface area contributed by atoms with Gasteiger partial charge in [0.1, 0.15) is 12.3 Å². The van der Waals surface area contributed by atoms with E-state index >= 15 is 0 Å². The van der Waals surface area contributed by atoms with Crippen LogP contribution < -0.4 is 19.1 Å². The molecule has 0 radical (unpaired) electrons. The van der Waals surface area contributed by atoms with Gasteiger partial charge >= 0.3 is 0 Å². The van der Waals surface area contributed by atoms with E-state index in [1.54, 1.807) is 63.2 Å². The van der Waals surface area contributed by atoms with Gasteiger partial charge in [-0.2, -0.15) is 0 Å². The van der Waals surface area contributed by atoms with Gasteiger partial charge in [-0.05, 0) is 82.3 Å². The van der Waals surface area contributed by atoms with E-state index < -0.39 is 32.5 Å². The Balaban J connectivity index is 1.57. The number of nitrogens with one attached hydrogen (secondary N) is 2. The first kappa shape index (κ1) is 30.5. The number of hydrogen-bond acceptors (Lipinski definition) is 8. The molecule has 1 aromatic heterocycles.